The Hall–Kier alpha value is -2.93. The van der Waals surface area contributed by atoms with Crippen molar-refractivity contribution in [3.63, 3.8) is 0 Å². The highest BCUT2D eigenvalue weighted by Crippen LogP contribution is 2.39. The lowest BCUT2D eigenvalue weighted by Crippen LogP contribution is -2.32. The molecule has 0 saturated carbocycles. The number of hydrogen-bond acceptors (Lipinski definition) is 6. The summed E-state index contributed by atoms with van der Waals surface area (Å²) >= 11 is 1.67. The summed E-state index contributed by atoms with van der Waals surface area (Å²) in [6.45, 7) is 4.08. The molecule has 164 valence electrons. The van der Waals surface area contributed by atoms with Gasteiger partial charge < -0.3 is 20.1 Å². The average Bonchev–Trinajstić information content (AvgIpc) is 2.79. The number of carbonyl (C=O) groups excluding carboxylic acids is 1. The quantitative estimate of drug-likeness (QED) is 0.557. The standard InChI is InChI=1S/C24H29N3O3S/c1-5-6-14-31-24-25-16(2)21(23(28)26-17-10-8-7-9-11-17)22(27-24)19-13-12-18(29-3)15-20(19)30-4/h7-13,15,22H,5-6,14H2,1-4H3,(H,25,27)(H,26,28)/t22-/m0/s1. The van der Waals surface area contributed by atoms with E-state index in [1.807, 2.05) is 55.5 Å². The monoisotopic (exact) mass is 439 g/mol. The number of unbranched alkanes of at least 4 members (excludes halogenated alkanes) is 1. The first-order valence-electron chi connectivity index (χ1n) is 10.3. The van der Waals surface area contributed by atoms with E-state index in [1.165, 1.54) is 0 Å². The smallest absolute Gasteiger partial charge is 0.255 e. The second-order valence-corrected chi connectivity index (χ2v) is 8.21. The molecule has 1 aliphatic rings. The highest BCUT2D eigenvalue weighted by atomic mass is 32.2. The lowest BCUT2D eigenvalue weighted by molar-refractivity contribution is -0.113. The third kappa shape index (κ3) is 5.61. The van der Waals surface area contributed by atoms with Gasteiger partial charge in [0.05, 0.1) is 19.8 Å². The Balaban J connectivity index is 1.99. The Bertz CT molecular complexity index is 973. The van der Waals surface area contributed by atoms with Crippen molar-refractivity contribution < 1.29 is 14.3 Å². The number of benzene rings is 2. The van der Waals surface area contributed by atoms with Crippen molar-refractivity contribution in [2.75, 3.05) is 25.3 Å². The highest BCUT2D eigenvalue weighted by molar-refractivity contribution is 8.13. The van der Waals surface area contributed by atoms with Gasteiger partial charge in [-0.1, -0.05) is 43.3 Å². The first kappa shape index (κ1) is 22.7. The summed E-state index contributed by atoms with van der Waals surface area (Å²) in [4.78, 5) is 18.2. The first-order valence-corrected chi connectivity index (χ1v) is 11.3. The molecule has 1 heterocycles. The molecular weight excluding hydrogens is 410 g/mol. The second-order valence-electron chi connectivity index (χ2n) is 7.13. The Morgan fingerprint density at radius 2 is 1.94 bits per heavy atom. The predicted octanol–water partition coefficient (Wildman–Crippen LogP) is 5.15. The van der Waals surface area contributed by atoms with Crippen LogP contribution in [0, 0.1) is 0 Å². The second kappa shape index (κ2) is 10.9. The molecule has 31 heavy (non-hydrogen) atoms. The molecule has 3 rings (SSSR count). The zero-order valence-electron chi connectivity index (χ0n) is 18.4. The molecule has 7 heteroatoms. The molecule has 0 radical (unpaired) electrons. The number of hydrogen-bond donors (Lipinski definition) is 2. The number of rotatable bonds is 8. The van der Waals surface area contributed by atoms with Gasteiger partial charge in [0.15, 0.2) is 5.17 Å². The summed E-state index contributed by atoms with van der Waals surface area (Å²) in [6.07, 6.45) is 2.22. The van der Waals surface area contributed by atoms with Gasteiger partial charge in [-0.25, -0.2) is 4.99 Å². The molecule has 0 fully saturated rings. The average molecular weight is 440 g/mol. The van der Waals surface area contributed by atoms with E-state index < -0.39 is 6.04 Å². The molecule has 0 unspecified atom stereocenters. The van der Waals surface area contributed by atoms with Gasteiger partial charge in [-0.2, -0.15) is 0 Å². The molecule has 0 saturated heterocycles. The fourth-order valence-electron chi connectivity index (χ4n) is 3.32. The Labute approximate surface area is 188 Å². The van der Waals surface area contributed by atoms with Gasteiger partial charge >= 0.3 is 0 Å². The van der Waals surface area contributed by atoms with E-state index in [1.54, 1.807) is 26.0 Å². The molecule has 2 aromatic rings. The molecular formula is C24H29N3O3S. The van der Waals surface area contributed by atoms with Crippen molar-refractivity contribution >= 4 is 28.5 Å². The van der Waals surface area contributed by atoms with E-state index in [9.17, 15) is 4.79 Å². The number of amidine groups is 1. The van der Waals surface area contributed by atoms with Gasteiger partial charge in [0, 0.05) is 28.8 Å². The first-order chi connectivity index (χ1) is 15.1. The van der Waals surface area contributed by atoms with Crippen LogP contribution in [-0.4, -0.2) is 31.0 Å². The number of aliphatic imine (C=N–C) groups is 1. The van der Waals surface area contributed by atoms with Crippen LogP contribution >= 0.6 is 11.8 Å². The zero-order chi connectivity index (χ0) is 22.2. The maximum absolute atomic E-state index is 13.3. The fourth-order valence-corrected chi connectivity index (χ4v) is 4.35. The highest BCUT2D eigenvalue weighted by Gasteiger charge is 2.31. The molecule has 0 spiro atoms. The maximum Gasteiger partial charge on any atom is 0.255 e. The van der Waals surface area contributed by atoms with E-state index >= 15 is 0 Å². The lowest BCUT2D eigenvalue weighted by atomic mass is 9.95. The van der Waals surface area contributed by atoms with Gasteiger partial charge in [-0.15, -0.1) is 0 Å². The van der Waals surface area contributed by atoms with Crippen LogP contribution in [0.25, 0.3) is 0 Å². The number of amides is 1. The number of ether oxygens (including phenoxy) is 2. The number of methoxy groups -OCH3 is 2. The summed E-state index contributed by atoms with van der Waals surface area (Å²) in [7, 11) is 3.22. The molecule has 6 nitrogen and oxygen atoms in total. The van der Waals surface area contributed by atoms with Crippen molar-refractivity contribution in [1.82, 2.24) is 5.32 Å². The van der Waals surface area contributed by atoms with Crippen LogP contribution in [0.1, 0.15) is 38.3 Å². The van der Waals surface area contributed by atoms with Crippen molar-refractivity contribution in [2.24, 2.45) is 4.99 Å². The van der Waals surface area contributed by atoms with E-state index in [2.05, 4.69) is 17.6 Å². The van der Waals surface area contributed by atoms with Crippen LogP contribution in [0.4, 0.5) is 5.69 Å². The summed E-state index contributed by atoms with van der Waals surface area (Å²) in [5.74, 6) is 2.09. The SMILES string of the molecule is CCCCSC1=N[C@@H](c2ccc(OC)cc2OC)C(C(=O)Nc2ccccc2)=C(C)N1. The van der Waals surface area contributed by atoms with Crippen LogP contribution in [0.5, 0.6) is 11.5 Å². The normalized spacial score (nSPS) is 15.7. The minimum atomic E-state index is -0.491. The molecule has 0 aliphatic carbocycles. The molecule has 1 atom stereocenters. The lowest BCUT2D eigenvalue weighted by Gasteiger charge is -2.27. The third-order valence-electron chi connectivity index (χ3n) is 4.97. The van der Waals surface area contributed by atoms with Crippen molar-refractivity contribution in [2.45, 2.75) is 32.7 Å². The number of nitrogens with zero attached hydrogens (tertiary/aromatic N) is 1. The molecule has 1 amide bonds. The van der Waals surface area contributed by atoms with Crippen LogP contribution in [0.3, 0.4) is 0 Å². The number of allylic oxidation sites excluding steroid dienone is 1. The number of carbonyl (C=O) groups is 1. The summed E-state index contributed by atoms with van der Waals surface area (Å²) in [5, 5.41) is 7.12. The number of anilines is 1. The summed E-state index contributed by atoms with van der Waals surface area (Å²) < 4.78 is 11.0. The number of para-hydroxylation sites is 1. The molecule has 2 N–H and O–H groups in total. The Morgan fingerprint density at radius 3 is 2.61 bits per heavy atom. The van der Waals surface area contributed by atoms with Crippen LogP contribution in [0.2, 0.25) is 0 Å². The van der Waals surface area contributed by atoms with Crippen molar-refractivity contribution in [3.05, 3.63) is 65.4 Å². The van der Waals surface area contributed by atoms with Gasteiger partial charge in [0.25, 0.3) is 5.91 Å². The van der Waals surface area contributed by atoms with Crippen LogP contribution in [-0.2, 0) is 4.79 Å². The third-order valence-corrected chi connectivity index (χ3v) is 5.94. The Morgan fingerprint density at radius 1 is 1.16 bits per heavy atom. The van der Waals surface area contributed by atoms with E-state index in [4.69, 9.17) is 14.5 Å². The van der Waals surface area contributed by atoms with Gasteiger partial charge in [-0.3, -0.25) is 4.79 Å². The number of nitrogens with one attached hydrogen (secondary N) is 2. The minimum absolute atomic E-state index is 0.194. The molecule has 0 bridgehead atoms. The van der Waals surface area contributed by atoms with Gasteiger partial charge in [0.1, 0.15) is 17.5 Å². The fraction of sp³-hybridized carbons (Fsp3) is 0.333. The van der Waals surface area contributed by atoms with E-state index in [0.717, 1.165) is 40.7 Å². The zero-order valence-corrected chi connectivity index (χ0v) is 19.2. The predicted molar refractivity (Wildman–Crippen MR) is 128 cm³/mol. The minimum Gasteiger partial charge on any atom is -0.497 e. The molecule has 0 aromatic heterocycles. The summed E-state index contributed by atoms with van der Waals surface area (Å²) in [6, 6.07) is 14.5. The maximum atomic E-state index is 13.3. The topological polar surface area (TPSA) is 72.0 Å². The Kier molecular flexibility index (Phi) is 8.00. The van der Waals surface area contributed by atoms with Crippen LogP contribution < -0.4 is 20.1 Å². The van der Waals surface area contributed by atoms with E-state index in [-0.39, 0.29) is 5.91 Å². The van der Waals surface area contributed by atoms with Crippen LogP contribution in [0.15, 0.2) is 64.8 Å². The molecule has 2 aromatic carbocycles. The summed E-state index contributed by atoms with van der Waals surface area (Å²) in [5.41, 5.74) is 2.90. The van der Waals surface area contributed by atoms with E-state index in [0.29, 0.717) is 17.1 Å². The van der Waals surface area contributed by atoms with Crippen molar-refractivity contribution in [1.29, 1.82) is 0 Å². The van der Waals surface area contributed by atoms with Gasteiger partial charge in [-0.05, 0) is 37.6 Å². The molecule has 1 aliphatic heterocycles. The number of thioether (sulfide) groups is 1. The largest absolute Gasteiger partial charge is 0.497 e. The van der Waals surface area contributed by atoms with Crippen molar-refractivity contribution in [3.8, 4) is 11.5 Å². The van der Waals surface area contributed by atoms with Gasteiger partial charge in [0.2, 0.25) is 0 Å².